The van der Waals surface area contributed by atoms with Gasteiger partial charge < -0.3 is 15.7 Å². The highest BCUT2D eigenvalue weighted by Crippen LogP contribution is 2.18. The van der Waals surface area contributed by atoms with Gasteiger partial charge in [-0.3, -0.25) is 4.79 Å². The summed E-state index contributed by atoms with van der Waals surface area (Å²) in [5.74, 6) is 0.0725. The molecule has 3 N–H and O–H groups in total. The van der Waals surface area contributed by atoms with E-state index in [1.165, 1.54) is 6.92 Å². The molecule has 1 aromatic rings. The van der Waals surface area contributed by atoms with Crippen molar-refractivity contribution < 1.29 is 14.7 Å². The SMILES string of the molecule is CCC(C)C(C)(O)CNC(=O)Nc1ccc(C(C)=O)cc1. The second-order valence-electron chi connectivity index (χ2n) is 5.61. The summed E-state index contributed by atoms with van der Waals surface area (Å²) in [6.07, 6.45) is 0.836. The van der Waals surface area contributed by atoms with Crippen LogP contribution in [0.3, 0.4) is 0 Å². The van der Waals surface area contributed by atoms with Gasteiger partial charge in [-0.1, -0.05) is 20.3 Å². The zero-order valence-electron chi connectivity index (χ0n) is 13.1. The summed E-state index contributed by atoms with van der Waals surface area (Å²) >= 11 is 0. The average Bonchev–Trinajstić information content (AvgIpc) is 2.45. The Kier molecular flexibility index (Phi) is 5.90. The Morgan fingerprint density at radius 1 is 1.29 bits per heavy atom. The molecule has 0 fully saturated rings. The third kappa shape index (κ3) is 5.19. The number of carbonyl (C=O) groups excluding carboxylic acids is 2. The van der Waals surface area contributed by atoms with E-state index < -0.39 is 5.60 Å². The fourth-order valence-corrected chi connectivity index (χ4v) is 1.84. The third-order valence-electron chi connectivity index (χ3n) is 3.83. The third-order valence-corrected chi connectivity index (χ3v) is 3.83. The van der Waals surface area contributed by atoms with E-state index in [0.717, 1.165) is 6.42 Å². The normalized spacial score (nSPS) is 14.9. The van der Waals surface area contributed by atoms with Gasteiger partial charge in [-0.25, -0.2) is 4.79 Å². The minimum atomic E-state index is -0.940. The molecule has 0 aliphatic heterocycles. The quantitative estimate of drug-likeness (QED) is 0.705. The van der Waals surface area contributed by atoms with Gasteiger partial charge in [0.05, 0.1) is 5.60 Å². The van der Waals surface area contributed by atoms with E-state index in [9.17, 15) is 14.7 Å². The van der Waals surface area contributed by atoms with Crippen molar-refractivity contribution in [3.8, 4) is 0 Å². The fraction of sp³-hybridized carbons (Fsp3) is 0.500. The highest BCUT2D eigenvalue weighted by atomic mass is 16.3. The lowest BCUT2D eigenvalue weighted by Gasteiger charge is -2.29. The topological polar surface area (TPSA) is 78.4 Å². The molecule has 0 saturated carbocycles. The molecule has 0 saturated heterocycles. The van der Waals surface area contributed by atoms with Crippen LogP contribution in [0.1, 0.15) is 44.5 Å². The monoisotopic (exact) mass is 292 g/mol. The first kappa shape index (κ1) is 17.2. The summed E-state index contributed by atoms with van der Waals surface area (Å²) in [6, 6.07) is 6.28. The van der Waals surface area contributed by atoms with Crippen LogP contribution in [-0.4, -0.2) is 29.1 Å². The van der Waals surface area contributed by atoms with Crippen molar-refractivity contribution in [3.63, 3.8) is 0 Å². The molecule has 21 heavy (non-hydrogen) atoms. The van der Waals surface area contributed by atoms with E-state index in [2.05, 4.69) is 10.6 Å². The van der Waals surface area contributed by atoms with Crippen molar-refractivity contribution in [1.82, 2.24) is 5.32 Å². The van der Waals surface area contributed by atoms with Gasteiger partial charge in [-0.2, -0.15) is 0 Å². The number of ketones is 1. The molecule has 5 heteroatoms. The first-order valence-electron chi connectivity index (χ1n) is 7.14. The van der Waals surface area contributed by atoms with Gasteiger partial charge in [0.25, 0.3) is 0 Å². The highest BCUT2D eigenvalue weighted by molar-refractivity contribution is 5.95. The molecule has 0 aliphatic carbocycles. The van der Waals surface area contributed by atoms with Crippen LogP contribution in [0.15, 0.2) is 24.3 Å². The molecular formula is C16H24N2O3. The molecule has 2 amide bonds. The Balaban J connectivity index is 2.52. The first-order valence-corrected chi connectivity index (χ1v) is 7.14. The van der Waals surface area contributed by atoms with Gasteiger partial charge in [0, 0.05) is 17.8 Å². The average molecular weight is 292 g/mol. The minimum absolute atomic E-state index is 0.0180. The molecular weight excluding hydrogens is 268 g/mol. The summed E-state index contributed by atoms with van der Waals surface area (Å²) in [7, 11) is 0. The molecule has 1 rings (SSSR count). The molecule has 0 radical (unpaired) electrons. The standard InChI is InChI=1S/C16H24N2O3/c1-5-11(2)16(4,21)10-17-15(20)18-14-8-6-13(7-9-14)12(3)19/h6-9,11,21H,5,10H2,1-4H3,(H2,17,18,20). The van der Waals surface area contributed by atoms with Crippen molar-refractivity contribution in [1.29, 1.82) is 0 Å². The maximum atomic E-state index is 11.8. The number of urea groups is 1. The first-order chi connectivity index (χ1) is 9.76. The number of nitrogens with one attached hydrogen (secondary N) is 2. The molecule has 0 heterocycles. The Morgan fingerprint density at radius 2 is 1.86 bits per heavy atom. The number of rotatable bonds is 6. The summed E-state index contributed by atoms with van der Waals surface area (Å²) in [6.45, 7) is 7.32. The zero-order valence-corrected chi connectivity index (χ0v) is 13.1. The molecule has 2 unspecified atom stereocenters. The van der Waals surface area contributed by atoms with Gasteiger partial charge in [0.15, 0.2) is 5.78 Å². The number of benzene rings is 1. The van der Waals surface area contributed by atoms with Gasteiger partial charge in [-0.05, 0) is 44.0 Å². The number of hydrogen-bond acceptors (Lipinski definition) is 3. The molecule has 1 aromatic carbocycles. The van der Waals surface area contributed by atoms with Gasteiger partial charge in [-0.15, -0.1) is 0 Å². The summed E-state index contributed by atoms with van der Waals surface area (Å²) in [5.41, 5.74) is 0.256. The van der Waals surface area contributed by atoms with E-state index in [1.54, 1.807) is 31.2 Å². The van der Waals surface area contributed by atoms with Crippen LogP contribution in [0.2, 0.25) is 0 Å². The van der Waals surface area contributed by atoms with Crippen LogP contribution in [-0.2, 0) is 0 Å². The van der Waals surface area contributed by atoms with Crippen molar-refractivity contribution in [2.45, 2.75) is 39.7 Å². The minimum Gasteiger partial charge on any atom is -0.388 e. The lowest BCUT2D eigenvalue weighted by Crippen LogP contribution is -2.46. The maximum Gasteiger partial charge on any atom is 0.319 e. The summed E-state index contributed by atoms with van der Waals surface area (Å²) in [4.78, 5) is 22.9. The van der Waals surface area contributed by atoms with Crippen molar-refractivity contribution in [2.75, 3.05) is 11.9 Å². The van der Waals surface area contributed by atoms with Crippen molar-refractivity contribution >= 4 is 17.5 Å². The molecule has 2 atom stereocenters. The second-order valence-corrected chi connectivity index (χ2v) is 5.61. The number of hydrogen-bond donors (Lipinski definition) is 3. The Labute approximate surface area is 125 Å². The van der Waals surface area contributed by atoms with Crippen LogP contribution in [0.5, 0.6) is 0 Å². The Morgan fingerprint density at radius 3 is 2.33 bits per heavy atom. The van der Waals surface area contributed by atoms with Crippen LogP contribution < -0.4 is 10.6 Å². The van der Waals surface area contributed by atoms with E-state index in [-0.39, 0.29) is 24.3 Å². The number of amides is 2. The summed E-state index contributed by atoms with van der Waals surface area (Å²) < 4.78 is 0. The number of carbonyl (C=O) groups is 2. The molecule has 0 aromatic heterocycles. The van der Waals surface area contributed by atoms with Crippen LogP contribution in [0.25, 0.3) is 0 Å². The van der Waals surface area contributed by atoms with E-state index in [1.807, 2.05) is 13.8 Å². The van der Waals surface area contributed by atoms with Crippen molar-refractivity contribution in [3.05, 3.63) is 29.8 Å². The number of aliphatic hydroxyl groups is 1. The lowest BCUT2D eigenvalue weighted by molar-refractivity contribution is 0.00826. The fourth-order valence-electron chi connectivity index (χ4n) is 1.84. The zero-order chi connectivity index (χ0) is 16.0. The van der Waals surface area contributed by atoms with E-state index in [0.29, 0.717) is 11.3 Å². The van der Waals surface area contributed by atoms with Gasteiger partial charge >= 0.3 is 6.03 Å². The molecule has 0 aliphatic rings. The molecule has 5 nitrogen and oxygen atoms in total. The largest absolute Gasteiger partial charge is 0.388 e. The second kappa shape index (κ2) is 7.22. The predicted octanol–water partition coefficient (Wildman–Crippen LogP) is 2.81. The van der Waals surface area contributed by atoms with Gasteiger partial charge in [0.1, 0.15) is 0 Å². The molecule has 116 valence electrons. The van der Waals surface area contributed by atoms with Crippen LogP contribution in [0, 0.1) is 5.92 Å². The molecule has 0 spiro atoms. The smallest absolute Gasteiger partial charge is 0.319 e. The maximum absolute atomic E-state index is 11.8. The number of Topliss-reactive ketones (excluding diaryl/α,β-unsaturated/α-hetero) is 1. The van der Waals surface area contributed by atoms with Crippen molar-refractivity contribution in [2.24, 2.45) is 5.92 Å². The van der Waals surface area contributed by atoms with E-state index in [4.69, 9.17) is 0 Å². The Bertz CT molecular complexity index is 495. The lowest BCUT2D eigenvalue weighted by atomic mass is 9.89. The highest BCUT2D eigenvalue weighted by Gasteiger charge is 2.27. The summed E-state index contributed by atoms with van der Waals surface area (Å²) in [5, 5.41) is 15.5. The van der Waals surface area contributed by atoms with Crippen LogP contribution >= 0.6 is 0 Å². The number of anilines is 1. The van der Waals surface area contributed by atoms with Gasteiger partial charge in [0.2, 0.25) is 0 Å². The van der Waals surface area contributed by atoms with Crippen LogP contribution in [0.4, 0.5) is 10.5 Å². The Hall–Kier alpha value is -1.88. The van der Waals surface area contributed by atoms with E-state index >= 15 is 0 Å². The predicted molar refractivity (Wildman–Crippen MR) is 83.5 cm³/mol. The molecule has 0 bridgehead atoms.